The van der Waals surface area contributed by atoms with E-state index >= 15 is 0 Å². The van der Waals surface area contributed by atoms with Crippen LogP contribution in [0.4, 0.5) is 8.78 Å². The number of nitrogens with zero attached hydrogens (tertiary/aromatic N) is 4. The van der Waals surface area contributed by atoms with E-state index in [-0.39, 0.29) is 11.1 Å². The molecule has 0 aliphatic heterocycles. The van der Waals surface area contributed by atoms with E-state index in [4.69, 9.17) is 0 Å². The first-order valence-electron chi connectivity index (χ1n) is 10.6. The van der Waals surface area contributed by atoms with Gasteiger partial charge in [-0.2, -0.15) is 0 Å². The molecule has 0 saturated carbocycles. The predicted octanol–water partition coefficient (Wildman–Crippen LogP) is 4.62. The Morgan fingerprint density at radius 2 is 1.09 bits per heavy atom. The fourth-order valence-electron chi connectivity index (χ4n) is 5.19. The van der Waals surface area contributed by atoms with E-state index in [1.807, 2.05) is 12.1 Å². The third-order valence-corrected chi connectivity index (χ3v) is 6.69. The van der Waals surface area contributed by atoms with Crippen LogP contribution in [-0.4, -0.2) is 18.8 Å². The molecule has 6 nitrogen and oxygen atoms in total. The summed E-state index contributed by atoms with van der Waals surface area (Å²) < 4.78 is 30.5. The lowest BCUT2D eigenvalue weighted by molar-refractivity contribution is 0.629. The van der Waals surface area contributed by atoms with Gasteiger partial charge in [-0.05, 0) is 59.3 Å². The van der Waals surface area contributed by atoms with E-state index in [9.17, 15) is 18.4 Å². The molecule has 8 rings (SSSR count). The molecule has 0 N–H and O–H groups in total. The van der Waals surface area contributed by atoms with Crippen LogP contribution in [0.25, 0.3) is 65.7 Å². The van der Waals surface area contributed by atoms with E-state index in [0.29, 0.717) is 54.9 Å². The number of hydrogen-bond donors (Lipinski definition) is 0. The summed E-state index contributed by atoms with van der Waals surface area (Å²) in [5.74, 6) is -0.861. The molecular formula is C26H10F2N4O2. The highest BCUT2D eigenvalue weighted by molar-refractivity contribution is 6.12. The molecule has 0 unspecified atom stereocenters. The fourth-order valence-corrected chi connectivity index (χ4v) is 5.19. The van der Waals surface area contributed by atoms with Crippen molar-refractivity contribution in [2.75, 3.05) is 0 Å². The van der Waals surface area contributed by atoms with Gasteiger partial charge in [0.2, 0.25) is 0 Å². The van der Waals surface area contributed by atoms with Gasteiger partial charge in [-0.3, -0.25) is 18.4 Å². The van der Waals surface area contributed by atoms with Crippen molar-refractivity contribution in [3.8, 4) is 0 Å². The Hall–Kier alpha value is -4.72. The van der Waals surface area contributed by atoms with Gasteiger partial charge in [0.05, 0.1) is 32.8 Å². The molecule has 0 fully saturated rings. The van der Waals surface area contributed by atoms with Gasteiger partial charge in [0.15, 0.2) is 0 Å². The minimum atomic E-state index is -0.443. The highest BCUT2D eigenvalue weighted by Gasteiger charge is 2.20. The first-order valence-corrected chi connectivity index (χ1v) is 10.6. The zero-order valence-corrected chi connectivity index (χ0v) is 17.1. The molecular weight excluding hydrogens is 438 g/mol. The summed E-state index contributed by atoms with van der Waals surface area (Å²) in [6, 6.07) is 15.5. The molecule has 0 atom stereocenters. The molecule has 0 amide bonds. The van der Waals surface area contributed by atoms with Gasteiger partial charge in [0, 0.05) is 22.9 Å². The molecule has 34 heavy (non-hydrogen) atoms. The number of rotatable bonds is 0. The number of imidazole rings is 2. The number of benzene rings is 4. The second-order valence-corrected chi connectivity index (χ2v) is 8.56. The monoisotopic (exact) mass is 448 g/mol. The molecule has 4 aromatic heterocycles. The van der Waals surface area contributed by atoms with Crippen molar-refractivity contribution in [2.45, 2.75) is 0 Å². The molecule has 8 heteroatoms. The Morgan fingerprint density at radius 1 is 0.559 bits per heavy atom. The maximum absolute atomic E-state index is 13.8. The third-order valence-electron chi connectivity index (χ3n) is 6.69. The van der Waals surface area contributed by atoms with Crippen molar-refractivity contribution in [3.63, 3.8) is 0 Å². The zero-order chi connectivity index (χ0) is 22.9. The van der Waals surface area contributed by atoms with Gasteiger partial charge in [0.1, 0.15) is 22.9 Å². The number of halogens is 2. The first kappa shape index (κ1) is 17.8. The Balaban J connectivity index is 1.53. The van der Waals surface area contributed by atoms with Crippen LogP contribution in [-0.2, 0) is 0 Å². The molecule has 8 aromatic rings. The standard InChI is InChI=1S/C26H10F2N4O2/c27-13-2-4-21-20(9-13)30-24-16-6-11-5-15-18(8-12(11)7-17(16)25(33)31(21)24)26(34)32-22-10-14(28)1-3-19(22)29-23(15)32/h1-10H. The average Bonchev–Trinajstić information content (AvgIpc) is 3.51. The van der Waals surface area contributed by atoms with Crippen LogP contribution in [0.15, 0.2) is 70.3 Å². The Kier molecular flexibility index (Phi) is 2.93. The second-order valence-electron chi connectivity index (χ2n) is 8.56. The van der Waals surface area contributed by atoms with E-state index in [0.717, 1.165) is 10.8 Å². The van der Waals surface area contributed by atoms with Crippen LogP contribution in [0.5, 0.6) is 0 Å². The van der Waals surface area contributed by atoms with E-state index in [1.165, 1.54) is 33.1 Å². The van der Waals surface area contributed by atoms with Crippen molar-refractivity contribution in [3.05, 3.63) is 93.0 Å². The number of fused-ring (bicyclic) bond motifs is 11. The van der Waals surface area contributed by atoms with Crippen molar-refractivity contribution >= 4 is 65.7 Å². The van der Waals surface area contributed by atoms with Crippen molar-refractivity contribution in [2.24, 2.45) is 0 Å². The van der Waals surface area contributed by atoms with E-state index in [1.54, 1.807) is 24.3 Å². The van der Waals surface area contributed by atoms with Crippen LogP contribution in [0.1, 0.15) is 0 Å². The topological polar surface area (TPSA) is 68.7 Å². The normalized spacial score (nSPS) is 12.6. The largest absolute Gasteiger partial charge is 0.268 e. The molecule has 160 valence electrons. The Bertz CT molecular complexity index is 2290. The van der Waals surface area contributed by atoms with Crippen molar-refractivity contribution in [1.82, 2.24) is 18.8 Å². The first-order chi connectivity index (χ1) is 16.5. The average molecular weight is 448 g/mol. The lowest BCUT2D eigenvalue weighted by atomic mass is 10.0. The minimum Gasteiger partial charge on any atom is -0.268 e. The summed E-state index contributed by atoms with van der Waals surface area (Å²) in [6.45, 7) is 0. The molecule has 0 bridgehead atoms. The Labute approximate surface area is 186 Å². The van der Waals surface area contributed by atoms with Crippen LogP contribution in [0, 0.1) is 11.6 Å². The lowest BCUT2D eigenvalue weighted by Gasteiger charge is -1.99. The van der Waals surface area contributed by atoms with Crippen molar-refractivity contribution in [1.29, 1.82) is 0 Å². The quantitative estimate of drug-likeness (QED) is 0.340. The lowest BCUT2D eigenvalue weighted by Crippen LogP contribution is -2.06. The molecule has 0 radical (unpaired) electrons. The van der Waals surface area contributed by atoms with Crippen LogP contribution < -0.4 is 11.1 Å². The molecule has 0 saturated heterocycles. The van der Waals surface area contributed by atoms with Gasteiger partial charge in [-0.15, -0.1) is 0 Å². The highest BCUT2D eigenvalue weighted by atomic mass is 19.1. The second kappa shape index (κ2) is 5.60. The summed E-state index contributed by atoms with van der Waals surface area (Å²) in [5.41, 5.74) is 2.29. The maximum atomic E-state index is 13.8. The van der Waals surface area contributed by atoms with Gasteiger partial charge in [0.25, 0.3) is 11.1 Å². The van der Waals surface area contributed by atoms with Crippen LogP contribution >= 0.6 is 0 Å². The van der Waals surface area contributed by atoms with E-state index < -0.39 is 11.6 Å². The Morgan fingerprint density at radius 3 is 1.76 bits per heavy atom. The molecule has 0 aliphatic carbocycles. The highest BCUT2D eigenvalue weighted by Crippen LogP contribution is 2.32. The summed E-state index contributed by atoms with van der Waals surface area (Å²) in [5, 5.41) is 3.74. The van der Waals surface area contributed by atoms with Gasteiger partial charge in [-0.25, -0.2) is 18.7 Å². The fraction of sp³-hybridized carbons (Fsp3) is 0. The van der Waals surface area contributed by atoms with Crippen LogP contribution in [0.3, 0.4) is 0 Å². The van der Waals surface area contributed by atoms with E-state index in [2.05, 4.69) is 9.97 Å². The maximum Gasteiger partial charge on any atom is 0.264 e. The molecule has 0 aliphatic rings. The smallest absolute Gasteiger partial charge is 0.264 e. The molecule has 4 aromatic carbocycles. The van der Waals surface area contributed by atoms with Crippen LogP contribution in [0.2, 0.25) is 0 Å². The summed E-state index contributed by atoms with van der Waals surface area (Å²) >= 11 is 0. The van der Waals surface area contributed by atoms with Gasteiger partial charge < -0.3 is 0 Å². The third kappa shape index (κ3) is 1.99. The molecule has 0 spiro atoms. The van der Waals surface area contributed by atoms with Gasteiger partial charge >= 0.3 is 0 Å². The minimum absolute atomic E-state index is 0.248. The SMILES string of the molecule is O=c1c2cc3cc4c(=O)n5c6cc(F)ccc6nc5c4cc3cc2c2nc3cc(F)ccc3n12. The summed E-state index contributed by atoms with van der Waals surface area (Å²) in [6.07, 6.45) is 0. The predicted molar refractivity (Wildman–Crippen MR) is 126 cm³/mol. The molecule has 4 heterocycles. The zero-order valence-electron chi connectivity index (χ0n) is 17.1. The van der Waals surface area contributed by atoms with Gasteiger partial charge in [-0.1, -0.05) is 0 Å². The number of aromatic nitrogens is 4. The van der Waals surface area contributed by atoms with Crippen molar-refractivity contribution < 1.29 is 8.78 Å². The summed E-state index contributed by atoms with van der Waals surface area (Å²) in [4.78, 5) is 35.5. The number of hydrogen-bond acceptors (Lipinski definition) is 4. The summed E-state index contributed by atoms with van der Waals surface area (Å²) in [7, 11) is 0.